The van der Waals surface area contributed by atoms with Gasteiger partial charge >= 0.3 is 0 Å². The van der Waals surface area contributed by atoms with Crippen LogP contribution in [0.5, 0.6) is 5.75 Å². The van der Waals surface area contributed by atoms with Crippen LogP contribution >= 0.6 is 27.5 Å². The molecule has 0 heterocycles. The summed E-state index contributed by atoms with van der Waals surface area (Å²) in [7, 11) is 0. The van der Waals surface area contributed by atoms with Gasteiger partial charge in [-0.25, -0.2) is 0 Å². The first-order valence-corrected chi connectivity index (χ1v) is 7.60. The third-order valence-electron chi connectivity index (χ3n) is 3.15. The van der Waals surface area contributed by atoms with Crippen LogP contribution in [0.1, 0.15) is 33.1 Å². The number of rotatable bonds is 7. The van der Waals surface area contributed by atoms with Crippen LogP contribution in [0.2, 0.25) is 5.02 Å². The van der Waals surface area contributed by atoms with Crippen LogP contribution in [0.3, 0.4) is 0 Å². The third kappa shape index (κ3) is 5.21. The van der Waals surface area contributed by atoms with Gasteiger partial charge in [-0.1, -0.05) is 46.5 Å². The molecule has 0 bridgehead atoms. The first-order valence-electron chi connectivity index (χ1n) is 6.42. The molecule has 0 fully saturated rings. The van der Waals surface area contributed by atoms with Gasteiger partial charge in [0.25, 0.3) is 0 Å². The summed E-state index contributed by atoms with van der Waals surface area (Å²) in [6.07, 6.45) is 2.64. The van der Waals surface area contributed by atoms with E-state index in [4.69, 9.17) is 27.3 Å². The number of nitrogens with two attached hydrogens (primary N) is 1. The van der Waals surface area contributed by atoms with Gasteiger partial charge in [-0.2, -0.15) is 0 Å². The van der Waals surface area contributed by atoms with Crippen molar-refractivity contribution in [3.05, 3.63) is 27.7 Å². The maximum absolute atomic E-state index is 8.70. The van der Waals surface area contributed by atoms with Gasteiger partial charge in [0.1, 0.15) is 11.6 Å². The molecule has 0 unspecified atom stereocenters. The van der Waals surface area contributed by atoms with Crippen molar-refractivity contribution in [3.63, 3.8) is 0 Å². The number of halogens is 2. The minimum Gasteiger partial charge on any atom is -0.492 e. The summed E-state index contributed by atoms with van der Waals surface area (Å²) in [4.78, 5) is 0. The lowest BCUT2D eigenvalue weighted by Crippen LogP contribution is -2.31. The standard InChI is InChI=1S/C14H20BrClN2O2/c1-14(2,13(17)18-19)7-3-4-8-20-12-9-10(15)5-6-11(12)16/h5-6,9,19H,3-4,7-8H2,1-2H3,(H2,17,18). The Kier molecular flexibility index (Phi) is 6.62. The van der Waals surface area contributed by atoms with Crippen LogP contribution < -0.4 is 10.5 Å². The molecule has 6 heteroatoms. The Morgan fingerprint density at radius 2 is 2.15 bits per heavy atom. The zero-order valence-corrected chi connectivity index (χ0v) is 14.0. The second kappa shape index (κ2) is 7.74. The third-order valence-corrected chi connectivity index (χ3v) is 3.95. The molecular weight excluding hydrogens is 344 g/mol. The van der Waals surface area contributed by atoms with Gasteiger partial charge in [-0.3, -0.25) is 0 Å². The summed E-state index contributed by atoms with van der Waals surface area (Å²) in [5.41, 5.74) is 5.34. The molecule has 4 nitrogen and oxygen atoms in total. The van der Waals surface area contributed by atoms with E-state index >= 15 is 0 Å². The zero-order chi connectivity index (χ0) is 15.2. The van der Waals surface area contributed by atoms with E-state index in [1.165, 1.54) is 0 Å². The number of amidine groups is 1. The second-order valence-electron chi connectivity index (χ2n) is 5.25. The molecule has 0 atom stereocenters. The molecule has 1 aromatic rings. The summed E-state index contributed by atoms with van der Waals surface area (Å²) in [6.45, 7) is 4.49. The molecular formula is C14H20BrClN2O2. The van der Waals surface area contributed by atoms with Crippen molar-refractivity contribution >= 4 is 33.4 Å². The van der Waals surface area contributed by atoms with Crippen molar-refractivity contribution in [3.8, 4) is 5.75 Å². The van der Waals surface area contributed by atoms with Crippen LogP contribution in [-0.4, -0.2) is 17.6 Å². The lowest BCUT2D eigenvalue weighted by Gasteiger charge is -2.22. The van der Waals surface area contributed by atoms with E-state index in [-0.39, 0.29) is 11.3 Å². The van der Waals surface area contributed by atoms with Crippen molar-refractivity contribution in [1.82, 2.24) is 0 Å². The van der Waals surface area contributed by atoms with E-state index < -0.39 is 0 Å². The molecule has 0 radical (unpaired) electrons. The maximum Gasteiger partial charge on any atom is 0.144 e. The number of nitrogens with zero attached hydrogens (tertiary/aromatic N) is 1. The molecule has 0 amide bonds. The van der Waals surface area contributed by atoms with E-state index in [9.17, 15) is 0 Å². The van der Waals surface area contributed by atoms with E-state index in [1.54, 1.807) is 6.07 Å². The first kappa shape index (κ1) is 17.1. The summed E-state index contributed by atoms with van der Waals surface area (Å²) in [6, 6.07) is 5.51. The van der Waals surface area contributed by atoms with Gasteiger partial charge in [0, 0.05) is 9.89 Å². The highest BCUT2D eigenvalue weighted by Crippen LogP contribution is 2.28. The highest BCUT2D eigenvalue weighted by Gasteiger charge is 2.22. The largest absolute Gasteiger partial charge is 0.492 e. The fourth-order valence-electron chi connectivity index (χ4n) is 1.70. The number of unbranched alkanes of at least 4 members (excludes halogenated alkanes) is 1. The fraction of sp³-hybridized carbons (Fsp3) is 0.500. The molecule has 112 valence electrons. The topological polar surface area (TPSA) is 67.8 Å². The molecule has 0 spiro atoms. The molecule has 0 saturated heterocycles. The van der Waals surface area contributed by atoms with Crippen molar-refractivity contribution in [2.45, 2.75) is 33.1 Å². The molecule has 0 aliphatic carbocycles. The Morgan fingerprint density at radius 3 is 2.80 bits per heavy atom. The minimum absolute atomic E-state index is 0.258. The Morgan fingerprint density at radius 1 is 1.45 bits per heavy atom. The summed E-state index contributed by atoms with van der Waals surface area (Å²) in [5.74, 6) is 0.935. The van der Waals surface area contributed by atoms with E-state index in [2.05, 4.69) is 21.1 Å². The maximum atomic E-state index is 8.70. The first-order chi connectivity index (χ1) is 9.36. The zero-order valence-electron chi connectivity index (χ0n) is 11.7. The lowest BCUT2D eigenvalue weighted by molar-refractivity contribution is 0.288. The van der Waals surface area contributed by atoms with Crippen molar-refractivity contribution < 1.29 is 9.94 Å². The van der Waals surface area contributed by atoms with Crippen LogP contribution in [0.25, 0.3) is 0 Å². The van der Waals surface area contributed by atoms with E-state index in [0.717, 1.165) is 23.7 Å². The number of ether oxygens (including phenoxy) is 1. The number of hydrogen-bond acceptors (Lipinski definition) is 3. The van der Waals surface area contributed by atoms with Crippen molar-refractivity contribution in [2.75, 3.05) is 6.61 Å². The highest BCUT2D eigenvalue weighted by atomic mass is 79.9. The van der Waals surface area contributed by atoms with Gasteiger partial charge < -0.3 is 15.7 Å². The summed E-state index contributed by atoms with van der Waals surface area (Å²) < 4.78 is 6.58. The Balaban J connectivity index is 2.34. The van der Waals surface area contributed by atoms with Gasteiger partial charge in [-0.05, 0) is 37.5 Å². The number of benzene rings is 1. The molecule has 3 N–H and O–H groups in total. The predicted molar refractivity (Wildman–Crippen MR) is 85.7 cm³/mol. The highest BCUT2D eigenvalue weighted by molar-refractivity contribution is 9.10. The average Bonchev–Trinajstić information content (AvgIpc) is 2.41. The summed E-state index contributed by atoms with van der Waals surface area (Å²) in [5, 5.41) is 12.4. The Hall–Kier alpha value is -0.940. The molecule has 1 aromatic carbocycles. The van der Waals surface area contributed by atoms with Crippen molar-refractivity contribution in [2.24, 2.45) is 16.3 Å². The molecule has 0 aliphatic heterocycles. The van der Waals surface area contributed by atoms with Gasteiger partial charge in [0.05, 0.1) is 11.6 Å². The quantitative estimate of drug-likeness (QED) is 0.248. The molecule has 0 saturated carbocycles. The smallest absolute Gasteiger partial charge is 0.144 e. The van der Waals surface area contributed by atoms with Crippen LogP contribution in [-0.2, 0) is 0 Å². The van der Waals surface area contributed by atoms with Gasteiger partial charge in [0.2, 0.25) is 0 Å². The van der Waals surface area contributed by atoms with Crippen LogP contribution in [0.15, 0.2) is 27.8 Å². The molecule has 0 aliphatic rings. The molecule has 0 aromatic heterocycles. The summed E-state index contributed by atoms with van der Waals surface area (Å²) >= 11 is 9.42. The van der Waals surface area contributed by atoms with E-state index in [1.807, 2.05) is 26.0 Å². The lowest BCUT2D eigenvalue weighted by atomic mass is 9.86. The van der Waals surface area contributed by atoms with Gasteiger partial charge in [-0.15, -0.1) is 0 Å². The number of hydrogen-bond donors (Lipinski definition) is 2. The SMILES string of the molecule is CC(C)(CCCCOc1cc(Br)ccc1Cl)/C(N)=N/O. The van der Waals surface area contributed by atoms with Crippen molar-refractivity contribution in [1.29, 1.82) is 0 Å². The Bertz CT molecular complexity index is 478. The van der Waals surface area contributed by atoms with Gasteiger partial charge in [0.15, 0.2) is 0 Å². The predicted octanol–water partition coefficient (Wildman–Crippen LogP) is 4.42. The van der Waals surface area contributed by atoms with E-state index in [0.29, 0.717) is 17.4 Å². The second-order valence-corrected chi connectivity index (χ2v) is 6.57. The van der Waals surface area contributed by atoms with Crippen LogP contribution in [0, 0.1) is 5.41 Å². The molecule has 1 rings (SSSR count). The fourth-order valence-corrected chi connectivity index (χ4v) is 2.21. The van der Waals surface area contributed by atoms with Crippen LogP contribution in [0.4, 0.5) is 0 Å². The monoisotopic (exact) mass is 362 g/mol. The minimum atomic E-state index is -0.303. The Labute approximate surface area is 133 Å². The normalized spacial score (nSPS) is 12.5. The molecule has 20 heavy (non-hydrogen) atoms. The average molecular weight is 364 g/mol. The number of oxime groups is 1.